The quantitative estimate of drug-likeness (QED) is 0.182. The zero-order valence-electron chi connectivity index (χ0n) is 26.5. The lowest BCUT2D eigenvalue weighted by Gasteiger charge is -2.05. The monoisotopic (exact) mass is 598 g/mol. The summed E-state index contributed by atoms with van der Waals surface area (Å²) in [6.07, 6.45) is 5.29. The number of allylic oxidation sites excluding steroid dienone is 1. The van der Waals surface area contributed by atoms with Crippen LogP contribution in [0.15, 0.2) is 28.4 Å². The van der Waals surface area contributed by atoms with E-state index < -0.39 is 11.9 Å². The molecule has 1 aliphatic rings. The van der Waals surface area contributed by atoms with Crippen LogP contribution >= 0.6 is 0 Å². The van der Waals surface area contributed by atoms with Gasteiger partial charge in [-0.25, -0.2) is 4.99 Å². The van der Waals surface area contributed by atoms with Crippen LogP contribution in [0.25, 0.3) is 0 Å². The van der Waals surface area contributed by atoms with Gasteiger partial charge in [0, 0.05) is 66.8 Å². The molecule has 3 aromatic rings. The number of carboxylic acid groups (broad SMARTS) is 2. The van der Waals surface area contributed by atoms with Gasteiger partial charge in [0.05, 0.1) is 5.71 Å². The summed E-state index contributed by atoms with van der Waals surface area (Å²) in [5, 5.41) is 24.5. The molecule has 0 radical (unpaired) electrons. The molecular weight excluding hydrogens is 548 g/mol. The average molecular weight is 599 g/mol. The lowest BCUT2D eigenvalue weighted by molar-refractivity contribution is -0.135. The Balaban J connectivity index is 0.000000648. The van der Waals surface area contributed by atoms with Crippen molar-refractivity contribution in [2.24, 2.45) is 4.99 Å². The van der Waals surface area contributed by atoms with Crippen molar-refractivity contribution >= 4 is 23.6 Å². The number of aromatic hydroxyl groups is 1. The summed E-state index contributed by atoms with van der Waals surface area (Å²) >= 11 is 0. The third-order valence-corrected chi connectivity index (χ3v) is 7.16. The van der Waals surface area contributed by atoms with Crippen molar-refractivity contribution in [1.29, 1.82) is 0 Å². The van der Waals surface area contributed by atoms with Crippen molar-refractivity contribution in [2.75, 3.05) is 0 Å². The smallest absolute Gasteiger partial charge is 0.300 e. The maximum Gasteiger partial charge on any atom is 0.300 e. The normalized spacial score (nSPS) is 11.8. The molecular formula is C33H50N4O6. The summed E-state index contributed by atoms with van der Waals surface area (Å²) in [6, 6.07) is 2.03. The Hall–Kier alpha value is -4.34. The van der Waals surface area contributed by atoms with Crippen molar-refractivity contribution in [1.82, 2.24) is 15.0 Å². The molecule has 6 N–H and O–H groups in total. The summed E-state index contributed by atoms with van der Waals surface area (Å²) < 4.78 is 0. The summed E-state index contributed by atoms with van der Waals surface area (Å²) in [7, 11) is 0. The van der Waals surface area contributed by atoms with Gasteiger partial charge in [0.25, 0.3) is 17.8 Å². The molecule has 0 saturated carbocycles. The van der Waals surface area contributed by atoms with Gasteiger partial charge in [-0.3, -0.25) is 14.4 Å². The molecule has 0 unspecified atom stereocenters. The number of aliphatic imine (C=N–C) groups is 1. The Kier molecular flexibility index (Phi) is 15.8. The molecule has 238 valence electrons. The molecule has 43 heavy (non-hydrogen) atoms. The molecule has 3 aromatic heterocycles. The fourth-order valence-corrected chi connectivity index (χ4v) is 4.44. The molecule has 0 bridgehead atoms. The molecule has 0 spiro atoms. The van der Waals surface area contributed by atoms with Gasteiger partial charge in [0.15, 0.2) is 5.88 Å². The van der Waals surface area contributed by atoms with E-state index in [1.54, 1.807) is 0 Å². The van der Waals surface area contributed by atoms with E-state index in [1.807, 2.05) is 26.1 Å². The number of aryl methyl sites for hydroxylation is 3. The number of rotatable bonds is 6. The number of nitrogens with one attached hydrogen (secondary N) is 3. The predicted octanol–water partition coefficient (Wildman–Crippen LogP) is 6.83. The molecule has 0 aromatic carbocycles. The number of nitrogens with zero attached hydrogens (tertiary/aromatic N) is 1. The number of carbonyl (C=O) groups is 3. The summed E-state index contributed by atoms with van der Waals surface area (Å²) in [6.45, 7) is 18.7. The van der Waals surface area contributed by atoms with Crippen molar-refractivity contribution in [3.8, 4) is 5.88 Å². The fraction of sp³-hybridized carbons (Fsp3) is 0.455. The van der Waals surface area contributed by atoms with E-state index in [4.69, 9.17) is 19.8 Å². The third-order valence-electron chi connectivity index (χ3n) is 7.16. The van der Waals surface area contributed by atoms with Crippen LogP contribution in [0.1, 0.15) is 99.1 Å². The first-order valence-corrected chi connectivity index (χ1v) is 13.9. The van der Waals surface area contributed by atoms with Gasteiger partial charge >= 0.3 is 0 Å². The number of carboxylic acids is 2. The van der Waals surface area contributed by atoms with E-state index in [0.717, 1.165) is 67.6 Å². The Morgan fingerprint density at radius 1 is 0.837 bits per heavy atom. The lowest BCUT2D eigenvalue weighted by atomic mass is 9.99. The highest BCUT2D eigenvalue weighted by Gasteiger charge is 2.23. The third kappa shape index (κ3) is 11.5. The SMILES string of the molecule is C.CC(=O)O.CC(=O)O.CCC1=C(C)C(=O)N=C1Cc1[nH]c(C)c(C)c1C.CCc1cc(Cc2[nH]cc(C)c2C)[nH]c1O. The minimum Gasteiger partial charge on any atom is -0.494 e. The van der Waals surface area contributed by atoms with E-state index in [9.17, 15) is 9.90 Å². The maximum absolute atomic E-state index is 11.6. The van der Waals surface area contributed by atoms with Crippen molar-refractivity contribution in [3.05, 3.63) is 74.0 Å². The van der Waals surface area contributed by atoms with Crippen LogP contribution in [0.3, 0.4) is 0 Å². The van der Waals surface area contributed by atoms with E-state index in [-0.39, 0.29) is 13.3 Å². The second-order valence-corrected chi connectivity index (χ2v) is 10.3. The highest BCUT2D eigenvalue weighted by Crippen LogP contribution is 2.25. The van der Waals surface area contributed by atoms with Gasteiger partial charge in [0.2, 0.25) is 0 Å². The van der Waals surface area contributed by atoms with E-state index in [1.165, 1.54) is 39.3 Å². The predicted molar refractivity (Wildman–Crippen MR) is 172 cm³/mol. The number of hydrogen-bond donors (Lipinski definition) is 6. The standard InChI is InChI=1S/C15H20N2O.C13H18N2O.2C2H4O2.CH4/c1-6-12-10(4)15(18)17-14(12)7-13-9(3)8(2)11(5)16-13;1-4-10-5-11(15-13(10)16)6-12-9(3)8(2)7-14-12;2*1-2(3)4;/h16H,6-7H2,1-5H3;5,7,14-16H,4,6H2,1-3H3;2*1H3,(H,3,4);1H4. The summed E-state index contributed by atoms with van der Waals surface area (Å²) in [5.74, 6) is -1.43. The van der Waals surface area contributed by atoms with Crippen LogP contribution in [0.2, 0.25) is 0 Å². The number of carbonyl (C=O) groups excluding carboxylic acids is 1. The molecule has 4 rings (SSSR count). The van der Waals surface area contributed by atoms with Crippen LogP contribution in [0.5, 0.6) is 5.88 Å². The van der Waals surface area contributed by atoms with Crippen LogP contribution in [0, 0.1) is 34.6 Å². The first-order valence-electron chi connectivity index (χ1n) is 13.9. The van der Waals surface area contributed by atoms with Gasteiger partial charge in [-0.15, -0.1) is 0 Å². The second kappa shape index (κ2) is 17.6. The van der Waals surface area contributed by atoms with Gasteiger partial charge < -0.3 is 30.3 Å². The van der Waals surface area contributed by atoms with Gasteiger partial charge in [-0.1, -0.05) is 21.3 Å². The van der Waals surface area contributed by atoms with Crippen LogP contribution in [-0.4, -0.2) is 53.8 Å². The first kappa shape index (κ1) is 38.7. The molecule has 0 aliphatic carbocycles. The largest absolute Gasteiger partial charge is 0.494 e. The number of aliphatic carboxylic acids is 2. The number of hydrogen-bond acceptors (Lipinski definition) is 4. The van der Waals surface area contributed by atoms with Crippen molar-refractivity contribution < 1.29 is 29.7 Å². The lowest BCUT2D eigenvalue weighted by Crippen LogP contribution is -2.06. The van der Waals surface area contributed by atoms with Crippen LogP contribution in [0.4, 0.5) is 0 Å². The Labute approximate surface area is 255 Å². The molecule has 1 aliphatic heterocycles. The number of H-pyrrole nitrogens is 3. The molecule has 10 nitrogen and oxygen atoms in total. The van der Waals surface area contributed by atoms with E-state index in [2.05, 4.69) is 61.5 Å². The Morgan fingerprint density at radius 2 is 1.40 bits per heavy atom. The zero-order valence-corrected chi connectivity index (χ0v) is 26.5. The Morgan fingerprint density at radius 3 is 1.79 bits per heavy atom. The molecule has 0 atom stereocenters. The minimum atomic E-state index is -0.833. The van der Waals surface area contributed by atoms with Crippen molar-refractivity contribution in [2.45, 2.75) is 102 Å². The molecule has 4 heterocycles. The van der Waals surface area contributed by atoms with E-state index in [0.29, 0.717) is 5.88 Å². The van der Waals surface area contributed by atoms with E-state index >= 15 is 0 Å². The molecule has 0 fully saturated rings. The van der Waals surface area contributed by atoms with Gasteiger partial charge in [-0.2, -0.15) is 0 Å². The molecule has 10 heteroatoms. The first-order chi connectivity index (χ1) is 19.5. The zero-order chi connectivity index (χ0) is 32.3. The second-order valence-electron chi connectivity index (χ2n) is 10.3. The highest BCUT2D eigenvalue weighted by molar-refractivity contribution is 6.19. The Bertz CT molecular complexity index is 1450. The highest BCUT2D eigenvalue weighted by atomic mass is 16.4. The van der Waals surface area contributed by atoms with Gasteiger partial charge in [0.1, 0.15) is 0 Å². The van der Waals surface area contributed by atoms with Gasteiger partial charge in [-0.05, 0) is 88.3 Å². The topological polar surface area (TPSA) is 172 Å². The number of aromatic nitrogens is 3. The fourth-order valence-electron chi connectivity index (χ4n) is 4.44. The average Bonchev–Trinajstić information content (AvgIpc) is 3.57. The number of aromatic amines is 3. The number of amides is 1. The van der Waals surface area contributed by atoms with Crippen LogP contribution in [-0.2, 0) is 33.6 Å². The van der Waals surface area contributed by atoms with Crippen LogP contribution < -0.4 is 0 Å². The summed E-state index contributed by atoms with van der Waals surface area (Å²) in [5.41, 5.74) is 13.6. The van der Waals surface area contributed by atoms with Crippen molar-refractivity contribution in [3.63, 3.8) is 0 Å². The molecule has 1 amide bonds. The molecule has 0 saturated heterocycles. The minimum absolute atomic E-state index is 0. The maximum atomic E-state index is 11.6. The summed E-state index contributed by atoms with van der Waals surface area (Å²) in [4.78, 5) is 43.5.